The summed E-state index contributed by atoms with van der Waals surface area (Å²) in [6, 6.07) is 5.02. The number of aldehydes is 1. The number of nitrogens with zero attached hydrogens (tertiary/aromatic N) is 1. The van der Waals surface area contributed by atoms with E-state index < -0.39 is 11.6 Å². The van der Waals surface area contributed by atoms with Crippen LogP contribution in [0.5, 0.6) is 0 Å². The lowest BCUT2D eigenvalue weighted by atomic mass is 9.99. The molecule has 184 valence electrons. The summed E-state index contributed by atoms with van der Waals surface area (Å²) in [5.74, 6) is 5.67. The average molecular weight is 469 g/mol. The van der Waals surface area contributed by atoms with Crippen molar-refractivity contribution in [2.45, 2.75) is 90.3 Å². The summed E-state index contributed by atoms with van der Waals surface area (Å²) in [5, 5.41) is 2.38. The highest BCUT2D eigenvalue weighted by atomic mass is 16.6. The third kappa shape index (κ3) is 9.11. The smallest absolute Gasteiger partial charge is 0.306 e. The zero-order chi connectivity index (χ0) is 25.1. The Hall–Kier alpha value is -2.98. The molecule has 0 saturated carbocycles. The van der Waals surface area contributed by atoms with Gasteiger partial charge < -0.3 is 4.74 Å². The van der Waals surface area contributed by atoms with E-state index in [1.165, 1.54) is 0 Å². The molecule has 7 heteroatoms. The van der Waals surface area contributed by atoms with Gasteiger partial charge in [0.25, 0.3) is 0 Å². The minimum atomic E-state index is -0.441. The number of nitrogens with one attached hydrogen (secondary N) is 1. The van der Waals surface area contributed by atoms with Gasteiger partial charge >= 0.3 is 5.97 Å². The van der Waals surface area contributed by atoms with E-state index in [0.29, 0.717) is 31.4 Å². The highest BCUT2D eigenvalue weighted by Gasteiger charge is 2.30. The molecular weight excluding hydrogens is 432 g/mol. The summed E-state index contributed by atoms with van der Waals surface area (Å²) in [4.78, 5) is 48.8. The lowest BCUT2D eigenvalue weighted by molar-refractivity contribution is -0.155. The van der Waals surface area contributed by atoms with Crippen molar-refractivity contribution in [3.8, 4) is 11.8 Å². The monoisotopic (exact) mass is 468 g/mol. The molecule has 1 aliphatic rings. The van der Waals surface area contributed by atoms with Gasteiger partial charge in [0.15, 0.2) is 0 Å². The Bertz CT molecular complexity index is 952. The fourth-order valence-electron chi connectivity index (χ4n) is 3.86. The van der Waals surface area contributed by atoms with E-state index in [4.69, 9.17) is 4.74 Å². The zero-order valence-electron chi connectivity index (χ0n) is 20.7. The minimum Gasteiger partial charge on any atom is -0.460 e. The SMILES string of the molecule is CN(Cc1c(C#CCCCCCCC(=O)OC(C)(C)C)cccc1C=O)C1CCC(=O)NC1=O. The number of ether oxygens (including phenoxy) is 1. The number of carbonyl (C=O) groups is 4. The first-order chi connectivity index (χ1) is 16.1. The van der Waals surface area contributed by atoms with Crippen molar-refractivity contribution in [1.29, 1.82) is 0 Å². The van der Waals surface area contributed by atoms with Gasteiger partial charge in [0, 0.05) is 36.9 Å². The summed E-state index contributed by atoms with van der Waals surface area (Å²) in [6.07, 6.45) is 6.40. The Morgan fingerprint density at radius 2 is 1.94 bits per heavy atom. The summed E-state index contributed by atoms with van der Waals surface area (Å²) in [5.41, 5.74) is 1.67. The van der Waals surface area contributed by atoms with Crippen molar-refractivity contribution >= 4 is 24.1 Å². The molecule has 1 aliphatic heterocycles. The van der Waals surface area contributed by atoms with E-state index >= 15 is 0 Å². The van der Waals surface area contributed by atoms with E-state index in [1.54, 1.807) is 12.1 Å². The topological polar surface area (TPSA) is 92.8 Å². The minimum absolute atomic E-state index is 0.155. The number of piperidine rings is 1. The van der Waals surface area contributed by atoms with E-state index in [1.807, 2.05) is 38.8 Å². The fraction of sp³-hybridized carbons (Fsp3) is 0.556. The van der Waals surface area contributed by atoms with Crippen LogP contribution in [0.3, 0.4) is 0 Å². The van der Waals surface area contributed by atoms with Gasteiger partial charge in [-0.05, 0) is 58.7 Å². The Labute approximate surface area is 202 Å². The number of likely N-dealkylation sites (N-methyl/N-ethyl adjacent to an activating group) is 1. The quantitative estimate of drug-likeness (QED) is 0.185. The van der Waals surface area contributed by atoms with Crippen LogP contribution in [-0.2, 0) is 25.7 Å². The van der Waals surface area contributed by atoms with E-state index in [2.05, 4.69) is 17.2 Å². The number of unbranched alkanes of at least 4 members (excludes halogenated alkanes) is 4. The molecule has 0 spiro atoms. The molecule has 2 rings (SSSR count). The molecule has 34 heavy (non-hydrogen) atoms. The molecule has 0 aromatic heterocycles. The molecule has 0 aliphatic carbocycles. The van der Waals surface area contributed by atoms with Crippen LogP contribution < -0.4 is 5.32 Å². The molecule has 7 nitrogen and oxygen atoms in total. The third-order valence-electron chi connectivity index (χ3n) is 5.56. The largest absolute Gasteiger partial charge is 0.460 e. The van der Waals surface area contributed by atoms with Gasteiger partial charge in [-0.2, -0.15) is 0 Å². The molecule has 1 atom stereocenters. The Morgan fingerprint density at radius 3 is 2.62 bits per heavy atom. The lowest BCUT2D eigenvalue weighted by Crippen LogP contribution is -2.51. The zero-order valence-corrected chi connectivity index (χ0v) is 20.7. The highest BCUT2D eigenvalue weighted by molar-refractivity contribution is 6.00. The van der Waals surface area contributed by atoms with Crippen LogP contribution in [0.15, 0.2) is 18.2 Å². The maximum atomic E-state index is 12.2. The van der Waals surface area contributed by atoms with Gasteiger partial charge in [-0.1, -0.05) is 36.8 Å². The van der Waals surface area contributed by atoms with Crippen molar-refractivity contribution in [2.24, 2.45) is 0 Å². The van der Waals surface area contributed by atoms with Crippen LogP contribution in [-0.4, -0.2) is 47.7 Å². The first kappa shape index (κ1) is 27.3. The van der Waals surface area contributed by atoms with Gasteiger partial charge in [0.2, 0.25) is 11.8 Å². The number of hydrogen-bond acceptors (Lipinski definition) is 6. The average Bonchev–Trinajstić information content (AvgIpc) is 2.75. The Kier molecular flexibility index (Phi) is 10.5. The molecule has 1 fully saturated rings. The molecule has 1 unspecified atom stereocenters. The van der Waals surface area contributed by atoms with E-state index in [0.717, 1.165) is 49.5 Å². The lowest BCUT2D eigenvalue weighted by Gasteiger charge is -2.30. The van der Waals surface area contributed by atoms with Gasteiger partial charge in [-0.15, -0.1) is 0 Å². The molecule has 1 heterocycles. The summed E-state index contributed by atoms with van der Waals surface area (Å²) in [7, 11) is 1.82. The Morgan fingerprint density at radius 1 is 1.21 bits per heavy atom. The van der Waals surface area contributed by atoms with Gasteiger partial charge in [0.1, 0.15) is 11.9 Å². The van der Waals surface area contributed by atoms with Gasteiger partial charge in [0.05, 0.1) is 6.04 Å². The number of esters is 1. The summed E-state index contributed by atoms with van der Waals surface area (Å²) in [6.45, 7) is 5.99. The van der Waals surface area contributed by atoms with Gasteiger partial charge in [-0.3, -0.25) is 29.4 Å². The molecule has 0 bridgehead atoms. The van der Waals surface area contributed by atoms with Crippen molar-refractivity contribution in [2.75, 3.05) is 7.05 Å². The molecular formula is C27H36N2O5. The highest BCUT2D eigenvalue weighted by Crippen LogP contribution is 2.19. The van der Waals surface area contributed by atoms with Crippen LogP contribution in [0.1, 0.15) is 93.6 Å². The molecule has 1 saturated heterocycles. The number of amides is 2. The predicted octanol–water partition coefficient (Wildman–Crippen LogP) is 3.77. The normalized spacial score (nSPS) is 16.0. The van der Waals surface area contributed by atoms with Crippen LogP contribution in [0, 0.1) is 11.8 Å². The number of rotatable bonds is 10. The number of hydrogen-bond donors (Lipinski definition) is 1. The Balaban J connectivity index is 1.87. The van der Waals surface area contributed by atoms with Crippen molar-refractivity contribution < 1.29 is 23.9 Å². The number of carbonyl (C=O) groups excluding carboxylic acids is 4. The first-order valence-corrected chi connectivity index (χ1v) is 11.9. The second-order valence-corrected chi connectivity index (χ2v) is 9.68. The van der Waals surface area contributed by atoms with Gasteiger partial charge in [-0.25, -0.2) is 0 Å². The second kappa shape index (κ2) is 13.0. The second-order valence-electron chi connectivity index (χ2n) is 9.68. The van der Waals surface area contributed by atoms with E-state index in [9.17, 15) is 19.2 Å². The third-order valence-corrected chi connectivity index (χ3v) is 5.56. The summed E-state index contributed by atoms with van der Waals surface area (Å²) >= 11 is 0. The predicted molar refractivity (Wildman–Crippen MR) is 130 cm³/mol. The van der Waals surface area contributed by atoms with Crippen LogP contribution >= 0.6 is 0 Å². The maximum Gasteiger partial charge on any atom is 0.306 e. The van der Waals surface area contributed by atoms with Crippen LogP contribution in [0.2, 0.25) is 0 Å². The number of benzene rings is 1. The molecule has 2 amide bonds. The van der Waals surface area contributed by atoms with E-state index in [-0.39, 0.29) is 17.8 Å². The van der Waals surface area contributed by atoms with Crippen LogP contribution in [0.4, 0.5) is 0 Å². The number of imide groups is 1. The summed E-state index contributed by atoms with van der Waals surface area (Å²) < 4.78 is 5.31. The van der Waals surface area contributed by atoms with Crippen molar-refractivity contribution in [1.82, 2.24) is 10.2 Å². The maximum absolute atomic E-state index is 12.2. The fourth-order valence-corrected chi connectivity index (χ4v) is 3.86. The van der Waals surface area contributed by atoms with Crippen LogP contribution in [0.25, 0.3) is 0 Å². The standard InChI is InChI=1S/C27H36N2O5/c1-27(2,3)34-25(32)15-10-8-6-5-7-9-12-20-13-11-14-21(19-30)22(20)18-29(4)23-16-17-24(31)28-26(23)33/h11,13-14,19,23H,5-8,10,15-18H2,1-4H3,(H,28,31,33). The molecule has 0 radical (unpaired) electrons. The molecule has 1 N–H and O–H groups in total. The van der Waals surface area contributed by atoms with Crippen molar-refractivity contribution in [3.05, 3.63) is 34.9 Å². The van der Waals surface area contributed by atoms with Crippen molar-refractivity contribution in [3.63, 3.8) is 0 Å². The molecule has 1 aromatic rings. The molecule has 1 aromatic carbocycles. The first-order valence-electron chi connectivity index (χ1n) is 11.9.